The molecule has 8 N–H and O–H groups in total. The Balaban J connectivity index is 0.000000187. The first-order valence-corrected chi connectivity index (χ1v) is 13.7. The van der Waals surface area contributed by atoms with E-state index < -0.39 is 20.2 Å². The molecule has 3 aromatic carbocycles. The molecule has 0 radical (unpaired) electrons. The number of thiazole rings is 1. The minimum absolute atomic E-state index is 0.165. The molecule has 5 aromatic rings. The van der Waals surface area contributed by atoms with Gasteiger partial charge in [-0.05, 0) is 60.2 Å². The molecule has 0 saturated heterocycles. The highest BCUT2D eigenvalue weighted by molar-refractivity contribution is 7.86. The van der Waals surface area contributed by atoms with Crippen molar-refractivity contribution in [2.24, 2.45) is 0 Å². The van der Waals surface area contributed by atoms with Gasteiger partial charge in [-0.2, -0.15) is 21.9 Å². The number of nitrogen functional groups attached to an aromatic ring is 3. The van der Waals surface area contributed by atoms with Gasteiger partial charge in [0.25, 0.3) is 20.2 Å². The molecule has 0 unspecified atom stereocenters. The Morgan fingerprint density at radius 3 is 2.06 bits per heavy atom. The van der Waals surface area contributed by atoms with Crippen LogP contribution in [0.3, 0.4) is 0 Å². The number of aryl methyl sites for hydroxylation is 1. The summed E-state index contributed by atoms with van der Waals surface area (Å²) in [4.78, 5) is 3.57. The first kappa shape index (κ1) is 25.3. The summed E-state index contributed by atoms with van der Waals surface area (Å²) in [5.41, 5.74) is 19.3. The second kappa shape index (κ2) is 9.03. The number of hydrogen-bond acceptors (Lipinski definition) is 10. The molecule has 2 heterocycles. The van der Waals surface area contributed by atoms with E-state index in [4.69, 9.17) is 26.3 Å². The van der Waals surface area contributed by atoms with E-state index in [0.29, 0.717) is 38.9 Å². The van der Waals surface area contributed by atoms with E-state index in [1.54, 1.807) is 31.2 Å². The van der Waals surface area contributed by atoms with Gasteiger partial charge >= 0.3 is 0 Å². The molecule has 36 heavy (non-hydrogen) atoms. The molecule has 0 spiro atoms. The summed E-state index contributed by atoms with van der Waals surface area (Å²) in [6.07, 6.45) is 0. The summed E-state index contributed by atoms with van der Waals surface area (Å²) in [5.74, 6) is 0.322. The zero-order chi connectivity index (χ0) is 26.4. The van der Waals surface area contributed by atoms with Crippen molar-refractivity contribution < 1.29 is 25.9 Å². The zero-order valence-electron chi connectivity index (χ0n) is 18.5. The van der Waals surface area contributed by atoms with Gasteiger partial charge < -0.3 is 17.2 Å². The smallest absolute Gasteiger partial charge is 0.294 e. The quantitative estimate of drug-likeness (QED) is 0.206. The number of fused-ring (bicyclic) bond motifs is 2. The lowest BCUT2D eigenvalue weighted by molar-refractivity contribution is 0.481. The molecule has 2 aromatic heterocycles. The van der Waals surface area contributed by atoms with Crippen LogP contribution >= 0.6 is 11.3 Å². The molecule has 12 nitrogen and oxygen atoms in total. The molecule has 0 aliphatic carbocycles. The zero-order valence-corrected chi connectivity index (χ0v) is 21.0. The maximum Gasteiger partial charge on any atom is 0.294 e. The van der Waals surface area contributed by atoms with E-state index in [2.05, 4.69) is 10.1 Å². The van der Waals surface area contributed by atoms with Crippen molar-refractivity contribution in [3.05, 3.63) is 60.3 Å². The maximum atomic E-state index is 11.2. The van der Waals surface area contributed by atoms with E-state index in [1.807, 2.05) is 6.07 Å². The predicted molar refractivity (Wildman–Crippen MR) is 138 cm³/mol. The summed E-state index contributed by atoms with van der Waals surface area (Å²) in [6.45, 7) is 1.75. The Morgan fingerprint density at radius 1 is 0.833 bits per heavy atom. The van der Waals surface area contributed by atoms with Crippen molar-refractivity contribution in [1.82, 2.24) is 14.8 Å². The van der Waals surface area contributed by atoms with Gasteiger partial charge in [-0.15, -0.1) is 0 Å². The number of nitrogens with zero attached hydrogens (tertiary/aromatic N) is 3. The average Bonchev–Trinajstić information content (AvgIpc) is 3.30. The maximum absolute atomic E-state index is 11.2. The van der Waals surface area contributed by atoms with Gasteiger partial charge in [0, 0.05) is 0 Å². The molecule has 0 aliphatic heterocycles. The van der Waals surface area contributed by atoms with Gasteiger partial charge in [0.1, 0.15) is 0 Å². The molecule has 0 aliphatic rings. The fourth-order valence-corrected chi connectivity index (χ4v) is 5.07. The second-order valence-electron chi connectivity index (χ2n) is 7.62. The normalized spacial score (nSPS) is 12.0. The monoisotopic (exact) mass is 548 g/mol. The van der Waals surface area contributed by atoms with Crippen LogP contribution in [-0.2, 0) is 20.2 Å². The Hall–Kier alpha value is -3.76. The predicted octanol–water partition coefficient (Wildman–Crippen LogP) is 2.87. The van der Waals surface area contributed by atoms with Crippen LogP contribution in [0.25, 0.3) is 26.7 Å². The van der Waals surface area contributed by atoms with E-state index in [1.165, 1.54) is 40.3 Å². The fourth-order valence-electron chi connectivity index (χ4n) is 3.34. The number of aromatic nitrogens is 3. The first-order valence-electron chi connectivity index (χ1n) is 10.00. The van der Waals surface area contributed by atoms with Crippen LogP contribution in [0.1, 0.15) is 5.69 Å². The Bertz CT molecular complexity index is 1850. The number of hydrogen-bond donors (Lipinski definition) is 5. The Kier molecular flexibility index (Phi) is 6.36. The van der Waals surface area contributed by atoms with E-state index in [9.17, 15) is 16.8 Å². The van der Waals surface area contributed by atoms with Crippen molar-refractivity contribution in [2.75, 3.05) is 17.2 Å². The summed E-state index contributed by atoms with van der Waals surface area (Å²) in [5, 5.41) is 6.09. The van der Waals surface area contributed by atoms with E-state index >= 15 is 0 Å². The number of anilines is 3. The minimum Gasteiger partial charge on any atom is -0.394 e. The molecule has 0 fully saturated rings. The van der Waals surface area contributed by atoms with Crippen molar-refractivity contribution in [2.45, 2.75) is 16.7 Å². The van der Waals surface area contributed by atoms with E-state index in [-0.39, 0.29) is 9.79 Å². The molecular weight excluding hydrogens is 528 g/mol. The summed E-state index contributed by atoms with van der Waals surface area (Å²) < 4.78 is 64.2. The lowest BCUT2D eigenvalue weighted by Crippen LogP contribution is -2.03. The van der Waals surface area contributed by atoms with Crippen molar-refractivity contribution in [3.63, 3.8) is 0 Å². The van der Waals surface area contributed by atoms with Gasteiger partial charge in [-0.3, -0.25) is 9.11 Å². The van der Waals surface area contributed by atoms with Crippen molar-refractivity contribution in [3.8, 4) is 5.69 Å². The topological polar surface area (TPSA) is 218 Å². The van der Waals surface area contributed by atoms with Crippen LogP contribution in [-0.4, -0.2) is 40.7 Å². The van der Waals surface area contributed by atoms with Crippen molar-refractivity contribution in [1.29, 1.82) is 0 Å². The third-order valence-corrected chi connectivity index (χ3v) is 7.72. The molecule has 0 amide bonds. The highest BCUT2D eigenvalue weighted by Gasteiger charge is 2.14. The highest BCUT2D eigenvalue weighted by Crippen LogP contribution is 2.27. The minimum atomic E-state index is -4.25. The average molecular weight is 549 g/mol. The molecular formula is C21H20N6O6S3. The Morgan fingerprint density at radius 2 is 1.44 bits per heavy atom. The van der Waals surface area contributed by atoms with E-state index in [0.717, 1.165) is 10.1 Å². The highest BCUT2D eigenvalue weighted by atomic mass is 32.2. The lowest BCUT2D eigenvalue weighted by atomic mass is 10.1. The number of benzene rings is 3. The molecule has 188 valence electrons. The standard InChI is InChI=1S/C14H14N4O3S.C7H6N2O3S2/c1-8-13(15)14(16)18(17-8)11-4-2-9-3-5-12(22(19,20)21)7-10(9)6-11;8-7-9-5-3-4(14(10,11)12)1-2-6(5)13-7/h2-7H,15-16H2,1H3,(H,19,20,21);1-3H,(H2,8,9)(H,10,11,12). The Labute approximate surface area is 209 Å². The van der Waals surface area contributed by atoms with Gasteiger partial charge in [-0.25, -0.2) is 9.67 Å². The van der Waals surface area contributed by atoms with Crippen LogP contribution in [0.5, 0.6) is 0 Å². The van der Waals surface area contributed by atoms with Crippen LogP contribution in [0.15, 0.2) is 64.4 Å². The molecule has 0 atom stereocenters. The van der Waals surface area contributed by atoms with Gasteiger partial charge in [-0.1, -0.05) is 23.5 Å². The summed E-state index contributed by atoms with van der Waals surface area (Å²) >= 11 is 1.26. The number of rotatable bonds is 3. The molecule has 0 saturated carbocycles. The van der Waals surface area contributed by atoms with Gasteiger partial charge in [0.2, 0.25) is 0 Å². The lowest BCUT2D eigenvalue weighted by Gasteiger charge is -2.07. The van der Waals surface area contributed by atoms with Crippen LogP contribution in [0, 0.1) is 6.92 Å². The summed E-state index contributed by atoms with van der Waals surface area (Å²) in [6, 6.07) is 13.9. The van der Waals surface area contributed by atoms with Crippen LogP contribution < -0.4 is 17.2 Å². The van der Waals surface area contributed by atoms with Crippen molar-refractivity contribution >= 4 is 69.2 Å². The third kappa shape index (κ3) is 5.09. The third-order valence-electron chi connectivity index (χ3n) is 5.16. The molecule has 0 bridgehead atoms. The summed E-state index contributed by atoms with van der Waals surface area (Å²) in [7, 11) is -8.41. The SMILES string of the molecule is Cc1nn(-c2ccc3ccc(S(=O)(=O)O)cc3c2)c(N)c1N.Nc1nc2cc(S(=O)(=O)O)ccc2s1. The number of nitrogens with two attached hydrogens (primary N) is 3. The van der Waals surface area contributed by atoms with Crippen LogP contribution in [0.2, 0.25) is 0 Å². The molecule has 15 heteroatoms. The largest absolute Gasteiger partial charge is 0.394 e. The first-order chi connectivity index (χ1) is 16.7. The second-order valence-corrected chi connectivity index (χ2v) is 11.5. The van der Waals surface area contributed by atoms with Gasteiger partial charge in [0.05, 0.1) is 37.1 Å². The van der Waals surface area contributed by atoms with Gasteiger partial charge in [0.15, 0.2) is 10.9 Å². The van der Waals surface area contributed by atoms with Crippen LogP contribution in [0.4, 0.5) is 16.6 Å². The fraction of sp³-hybridized carbons (Fsp3) is 0.0476. The molecule has 5 rings (SSSR count).